The summed E-state index contributed by atoms with van der Waals surface area (Å²) in [5.41, 5.74) is -0.401. The van der Waals surface area contributed by atoms with Gasteiger partial charge in [0.2, 0.25) is 0 Å². The molecule has 0 aromatic heterocycles. The molecule has 0 heterocycles. The minimum atomic E-state index is -1.89. The second kappa shape index (κ2) is 4.22. The van der Waals surface area contributed by atoms with Crippen LogP contribution in [0, 0.1) is 0 Å². The summed E-state index contributed by atoms with van der Waals surface area (Å²) in [6.07, 6.45) is 1.20. The van der Waals surface area contributed by atoms with Crippen LogP contribution in [-0.2, 0) is 16.9 Å². The van der Waals surface area contributed by atoms with Crippen LogP contribution in [0.4, 0.5) is 4.39 Å². The van der Waals surface area contributed by atoms with Crippen molar-refractivity contribution in [2.45, 2.75) is 25.9 Å². The maximum Gasteiger partial charge on any atom is 0.188 e. The number of halogens is 2. The Morgan fingerprint density at radius 3 is 2.64 bits per heavy atom. The Labute approximate surface area is 91.5 Å². The van der Waals surface area contributed by atoms with E-state index in [0.29, 0.717) is 11.8 Å². The van der Waals surface area contributed by atoms with E-state index >= 15 is 0 Å². The summed E-state index contributed by atoms with van der Waals surface area (Å²) in [5, 5.41) is 0. The van der Waals surface area contributed by atoms with Crippen LogP contribution in [0.25, 0.3) is 0 Å². The fourth-order valence-electron chi connectivity index (χ4n) is 1.21. The van der Waals surface area contributed by atoms with E-state index in [1.54, 1.807) is 12.1 Å². The first-order valence-electron chi connectivity index (χ1n) is 4.45. The Hall–Kier alpha value is -0.700. The summed E-state index contributed by atoms with van der Waals surface area (Å²) in [5.74, 6) is 0. The van der Waals surface area contributed by atoms with Crippen LogP contribution in [0.15, 0.2) is 22.7 Å². The summed E-state index contributed by atoms with van der Waals surface area (Å²) in [7, 11) is 0. The topological polar surface area (TPSA) is 17.1 Å². The smallest absolute Gasteiger partial charge is 0.188 e. The molecule has 76 valence electrons. The third-order valence-corrected chi connectivity index (χ3v) is 2.96. The highest BCUT2D eigenvalue weighted by atomic mass is 79.9. The number of aryl methyl sites for hydroxylation is 1. The van der Waals surface area contributed by atoms with Crippen LogP contribution >= 0.6 is 15.9 Å². The Balaban J connectivity index is 3.15. The van der Waals surface area contributed by atoms with Gasteiger partial charge in [0.15, 0.2) is 12.0 Å². The van der Waals surface area contributed by atoms with Crippen molar-refractivity contribution >= 4 is 22.2 Å². The van der Waals surface area contributed by atoms with Gasteiger partial charge in [-0.1, -0.05) is 35.0 Å². The molecule has 1 atom stereocenters. The molecule has 1 nitrogen and oxygen atoms in total. The summed E-state index contributed by atoms with van der Waals surface area (Å²) < 4.78 is 14.4. The lowest BCUT2D eigenvalue weighted by atomic mass is 9.98. The van der Waals surface area contributed by atoms with E-state index in [9.17, 15) is 9.18 Å². The third kappa shape index (κ3) is 2.21. The van der Waals surface area contributed by atoms with Crippen molar-refractivity contribution in [3.05, 3.63) is 33.8 Å². The average Bonchev–Trinajstić information content (AvgIpc) is 2.17. The zero-order chi connectivity index (χ0) is 10.8. The number of hydrogen-bond acceptors (Lipinski definition) is 1. The highest BCUT2D eigenvalue weighted by Crippen LogP contribution is 2.27. The maximum absolute atomic E-state index is 13.6. The lowest BCUT2D eigenvalue weighted by molar-refractivity contribution is -0.117. The molecule has 14 heavy (non-hydrogen) atoms. The Morgan fingerprint density at radius 2 is 2.21 bits per heavy atom. The van der Waals surface area contributed by atoms with Crippen molar-refractivity contribution in [2.24, 2.45) is 0 Å². The highest BCUT2D eigenvalue weighted by molar-refractivity contribution is 9.10. The summed E-state index contributed by atoms with van der Waals surface area (Å²) >= 11 is 3.35. The second-order valence-corrected chi connectivity index (χ2v) is 4.21. The monoisotopic (exact) mass is 258 g/mol. The molecule has 0 saturated carbocycles. The van der Waals surface area contributed by atoms with E-state index in [4.69, 9.17) is 0 Å². The minimum absolute atomic E-state index is 0.320. The van der Waals surface area contributed by atoms with Crippen molar-refractivity contribution in [3.63, 3.8) is 0 Å². The molecule has 0 aliphatic rings. The molecule has 3 heteroatoms. The SMILES string of the molecule is CCc1ccc(C(C)(F)C=O)cc1Br. The van der Waals surface area contributed by atoms with Crippen LogP contribution in [0.1, 0.15) is 25.0 Å². The van der Waals surface area contributed by atoms with E-state index in [-0.39, 0.29) is 0 Å². The van der Waals surface area contributed by atoms with Gasteiger partial charge in [0.05, 0.1) is 0 Å². The van der Waals surface area contributed by atoms with E-state index in [2.05, 4.69) is 15.9 Å². The number of rotatable bonds is 3. The molecule has 0 amide bonds. The van der Waals surface area contributed by atoms with Gasteiger partial charge in [-0.15, -0.1) is 0 Å². The van der Waals surface area contributed by atoms with Gasteiger partial charge in [-0.2, -0.15) is 0 Å². The van der Waals surface area contributed by atoms with E-state index in [1.807, 2.05) is 13.0 Å². The summed E-state index contributed by atoms with van der Waals surface area (Å²) in [6, 6.07) is 5.14. The summed E-state index contributed by atoms with van der Waals surface area (Å²) in [4.78, 5) is 10.5. The van der Waals surface area contributed by atoms with Crippen LogP contribution in [0.3, 0.4) is 0 Å². The van der Waals surface area contributed by atoms with E-state index in [1.165, 1.54) is 6.92 Å². The number of alkyl halides is 1. The summed E-state index contributed by atoms with van der Waals surface area (Å²) in [6.45, 7) is 3.28. The number of aldehydes is 1. The average molecular weight is 259 g/mol. The first kappa shape index (κ1) is 11.4. The van der Waals surface area contributed by atoms with E-state index < -0.39 is 5.67 Å². The van der Waals surface area contributed by atoms with Crippen molar-refractivity contribution in [3.8, 4) is 0 Å². The Morgan fingerprint density at radius 1 is 1.57 bits per heavy atom. The maximum atomic E-state index is 13.6. The van der Waals surface area contributed by atoms with Gasteiger partial charge in [0, 0.05) is 4.47 Å². The Bertz CT molecular complexity index is 347. The van der Waals surface area contributed by atoms with Crippen molar-refractivity contribution in [2.75, 3.05) is 0 Å². The lowest BCUT2D eigenvalue weighted by Gasteiger charge is -2.14. The van der Waals surface area contributed by atoms with Crippen LogP contribution in [0.5, 0.6) is 0 Å². The molecule has 1 rings (SSSR count). The molecule has 0 aliphatic carbocycles. The molecule has 1 unspecified atom stereocenters. The minimum Gasteiger partial charge on any atom is -0.299 e. The second-order valence-electron chi connectivity index (χ2n) is 3.35. The number of benzene rings is 1. The molecule has 0 fully saturated rings. The van der Waals surface area contributed by atoms with Gasteiger partial charge in [-0.25, -0.2) is 4.39 Å². The van der Waals surface area contributed by atoms with Gasteiger partial charge in [-0.05, 0) is 30.5 Å². The van der Waals surface area contributed by atoms with Gasteiger partial charge in [-0.3, -0.25) is 4.79 Å². The molecule has 0 saturated heterocycles. The zero-order valence-electron chi connectivity index (χ0n) is 8.18. The van der Waals surface area contributed by atoms with Crippen molar-refractivity contribution in [1.29, 1.82) is 0 Å². The zero-order valence-corrected chi connectivity index (χ0v) is 9.77. The Kier molecular flexibility index (Phi) is 3.43. The molecular weight excluding hydrogens is 247 g/mol. The van der Waals surface area contributed by atoms with Gasteiger partial charge in [0.1, 0.15) is 0 Å². The molecule has 0 bridgehead atoms. The van der Waals surface area contributed by atoms with Crippen LogP contribution < -0.4 is 0 Å². The lowest BCUT2D eigenvalue weighted by Crippen LogP contribution is -2.16. The predicted octanol–water partition coefficient (Wildman–Crippen LogP) is 3.40. The van der Waals surface area contributed by atoms with Crippen molar-refractivity contribution in [1.82, 2.24) is 0 Å². The molecular formula is C11H12BrFO. The molecule has 0 spiro atoms. The normalized spacial score (nSPS) is 14.9. The van der Waals surface area contributed by atoms with Crippen molar-refractivity contribution < 1.29 is 9.18 Å². The first-order chi connectivity index (χ1) is 6.51. The first-order valence-corrected chi connectivity index (χ1v) is 5.24. The highest BCUT2D eigenvalue weighted by Gasteiger charge is 2.25. The fourth-order valence-corrected chi connectivity index (χ4v) is 1.87. The van der Waals surface area contributed by atoms with Crippen LogP contribution in [-0.4, -0.2) is 6.29 Å². The van der Waals surface area contributed by atoms with Gasteiger partial charge in [0.25, 0.3) is 0 Å². The third-order valence-electron chi connectivity index (χ3n) is 2.22. The number of carbonyl (C=O) groups excluding carboxylic acids is 1. The predicted molar refractivity (Wildman–Crippen MR) is 58.0 cm³/mol. The largest absolute Gasteiger partial charge is 0.299 e. The fraction of sp³-hybridized carbons (Fsp3) is 0.364. The number of carbonyl (C=O) groups is 1. The number of hydrogen-bond donors (Lipinski definition) is 0. The standard InChI is InChI=1S/C11H12BrFO/c1-3-8-4-5-9(6-10(8)12)11(2,13)7-14/h4-7H,3H2,1-2H3. The van der Waals surface area contributed by atoms with Gasteiger partial charge >= 0.3 is 0 Å². The molecule has 0 N–H and O–H groups in total. The quantitative estimate of drug-likeness (QED) is 0.760. The molecule has 1 aromatic rings. The molecule has 0 radical (unpaired) electrons. The van der Waals surface area contributed by atoms with E-state index in [0.717, 1.165) is 16.5 Å². The molecule has 0 aliphatic heterocycles. The molecule has 1 aromatic carbocycles. The van der Waals surface area contributed by atoms with Crippen LogP contribution in [0.2, 0.25) is 0 Å². The van der Waals surface area contributed by atoms with Gasteiger partial charge < -0.3 is 0 Å².